The molecule has 2 aliphatic rings. The van der Waals surface area contributed by atoms with Gasteiger partial charge in [0.15, 0.2) is 18.1 Å². The molecule has 0 fully saturated rings. The van der Waals surface area contributed by atoms with Crippen molar-refractivity contribution in [2.75, 3.05) is 25.3 Å². The van der Waals surface area contributed by atoms with Gasteiger partial charge in [-0.3, -0.25) is 24.1 Å². The van der Waals surface area contributed by atoms with Gasteiger partial charge in [-0.05, 0) is 23.8 Å². The first kappa shape index (κ1) is 18.5. The number of fused-ring (bicyclic) bond motifs is 2. The number of esters is 1. The molecule has 0 saturated heterocycles. The molecule has 2 aromatic rings. The molecule has 4 rings (SSSR count). The van der Waals surface area contributed by atoms with E-state index in [0.29, 0.717) is 28.3 Å². The molecule has 2 aromatic carbocycles. The summed E-state index contributed by atoms with van der Waals surface area (Å²) in [7, 11) is 0. The number of imide groups is 1. The van der Waals surface area contributed by atoms with E-state index in [-0.39, 0.29) is 13.2 Å². The van der Waals surface area contributed by atoms with Crippen molar-refractivity contribution in [3.8, 4) is 11.5 Å². The molecule has 2 aliphatic heterocycles. The Balaban J connectivity index is 1.30. The van der Waals surface area contributed by atoms with Gasteiger partial charge in [0.1, 0.15) is 6.54 Å². The second-order valence-electron chi connectivity index (χ2n) is 6.40. The van der Waals surface area contributed by atoms with E-state index < -0.39 is 36.8 Å². The monoisotopic (exact) mass is 396 g/mol. The largest absolute Gasteiger partial charge is 0.454 e. The van der Waals surface area contributed by atoms with Gasteiger partial charge >= 0.3 is 5.97 Å². The van der Waals surface area contributed by atoms with Crippen molar-refractivity contribution in [1.29, 1.82) is 0 Å². The number of rotatable bonds is 5. The predicted octanol–water partition coefficient (Wildman–Crippen LogP) is 1.12. The van der Waals surface area contributed by atoms with Crippen molar-refractivity contribution in [3.05, 3.63) is 53.6 Å². The van der Waals surface area contributed by atoms with Crippen LogP contribution in [0.1, 0.15) is 15.9 Å². The molecule has 0 radical (unpaired) electrons. The van der Waals surface area contributed by atoms with E-state index in [1.165, 1.54) is 0 Å². The van der Waals surface area contributed by atoms with Crippen LogP contribution in [0.5, 0.6) is 11.5 Å². The minimum Gasteiger partial charge on any atom is -0.454 e. The quantitative estimate of drug-likeness (QED) is 0.595. The summed E-state index contributed by atoms with van der Waals surface area (Å²) < 4.78 is 15.3. The van der Waals surface area contributed by atoms with E-state index in [1.807, 2.05) is 0 Å². The highest BCUT2D eigenvalue weighted by Crippen LogP contribution is 2.34. The van der Waals surface area contributed by atoms with Gasteiger partial charge in [0.2, 0.25) is 12.7 Å². The maximum Gasteiger partial charge on any atom is 0.326 e. The van der Waals surface area contributed by atoms with Crippen LogP contribution in [0.4, 0.5) is 5.69 Å². The third kappa shape index (κ3) is 3.88. The Labute approximate surface area is 165 Å². The summed E-state index contributed by atoms with van der Waals surface area (Å²) >= 11 is 0. The number of carbonyl (C=O) groups is 4. The number of amides is 3. The summed E-state index contributed by atoms with van der Waals surface area (Å²) in [6.07, 6.45) is 0.0276. The van der Waals surface area contributed by atoms with Gasteiger partial charge in [0.05, 0.1) is 6.42 Å². The number of hydrogen-bond acceptors (Lipinski definition) is 7. The van der Waals surface area contributed by atoms with Gasteiger partial charge in [-0.2, -0.15) is 0 Å². The van der Waals surface area contributed by atoms with Crippen LogP contribution >= 0.6 is 0 Å². The van der Waals surface area contributed by atoms with E-state index in [0.717, 1.165) is 4.90 Å². The molecule has 9 nitrogen and oxygen atoms in total. The first-order valence-electron chi connectivity index (χ1n) is 8.79. The van der Waals surface area contributed by atoms with Crippen molar-refractivity contribution in [2.24, 2.45) is 0 Å². The molecule has 2 heterocycles. The number of anilines is 1. The lowest BCUT2D eigenvalue weighted by Crippen LogP contribution is -2.45. The molecule has 0 aromatic heterocycles. The highest BCUT2D eigenvalue weighted by Gasteiger charge is 2.32. The molecule has 0 atom stereocenters. The lowest BCUT2D eigenvalue weighted by atomic mass is 9.98. The van der Waals surface area contributed by atoms with Gasteiger partial charge < -0.3 is 19.5 Å². The Hall–Kier alpha value is -3.88. The van der Waals surface area contributed by atoms with Crippen LogP contribution < -0.4 is 14.8 Å². The topological polar surface area (TPSA) is 111 Å². The Kier molecular flexibility index (Phi) is 4.86. The lowest BCUT2D eigenvalue weighted by molar-refractivity contribution is -0.150. The first-order chi connectivity index (χ1) is 14.0. The second kappa shape index (κ2) is 7.63. The zero-order valence-corrected chi connectivity index (χ0v) is 15.2. The van der Waals surface area contributed by atoms with Crippen LogP contribution in [0.2, 0.25) is 0 Å². The SMILES string of the molecule is O=C(COC(=O)CN1C(=O)Cc2ccccc2C1=O)Nc1ccc2c(c1)OCO2. The van der Waals surface area contributed by atoms with Gasteiger partial charge in [0.25, 0.3) is 11.8 Å². The van der Waals surface area contributed by atoms with E-state index in [1.54, 1.807) is 42.5 Å². The highest BCUT2D eigenvalue weighted by atomic mass is 16.7. The fraction of sp³-hybridized carbons (Fsp3) is 0.200. The second-order valence-corrected chi connectivity index (χ2v) is 6.40. The van der Waals surface area contributed by atoms with E-state index in [2.05, 4.69) is 5.32 Å². The molecule has 1 N–H and O–H groups in total. The Morgan fingerprint density at radius 3 is 2.72 bits per heavy atom. The van der Waals surface area contributed by atoms with Crippen LogP contribution in [-0.4, -0.2) is 48.5 Å². The van der Waals surface area contributed by atoms with Crippen molar-refractivity contribution in [1.82, 2.24) is 4.90 Å². The first-order valence-corrected chi connectivity index (χ1v) is 8.79. The predicted molar refractivity (Wildman–Crippen MR) is 98.3 cm³/mol. The molecule has 3 amide bonds. The molecule has 148 valence electrons. The summed E-state index contributed by atoms with van der Waals surface area (Å²) in [6.45, 7) is -0.994. The minimum absolute atomic E-state index is 0.0276. The number of hydrogen-bond donors (Lipinski definition) is 1. The zero-order valence-electron chi connectivity index (χ0n) is 15.2. The fourth-order valence-electron chi connectivity index (χ4n) is 3.05. The van der Waals surface area contributed by atoms with Crippen LogP contribution in [-0.2, 0) is 25.5 Å². The Bertz CT molecular complexity index is 1020. The van der Waals surface area contributed by atoms with Crippen molar-refractivity contribution in [2.45, 2.75) is 6.42 Å². The molecule has 0 unspecified atom stereocenters. The smallest absolute Gasteiger partial charge is 0.326 e. The maximum atomic E-state index is 12.4. The van der Waals surface area contributed by atoms with Crippen LogP contribution in [0.25, 0.3) is 0 Å². The molecular weight excluding hydrogens is 380 g/mol. The summed E-state index contributed by atoms with van der Waals surface area (Å²) in [5.41, 5.74) is 1.45. The average Bonchev–Trinajstić information content (AvgIpc) is 3.17. The van der Waals surface area contributed by atoms with Gasteiger partial charge in [-0.1, -0.05) is 18.2 Å². The molecule has 29 heavy (non-hydrogen) atoms. The number of benzene rings is 2. The van der Waals surface area contributed by atoms with E-state index in [4.69, 9.17) is 14.2 Å². The number of nitrogens with zero attached hydrogens (tertiary/aromatic N) is 1. The molecule has 0 aliphatic carbocycles. The number of ether oxygens (including phenoxy) is 3. The van der Waals surface area contributed by atoms with E-state index in [9.17, 15) is 19.2 Å². The standard InChI is InChI=1S/C20H16N2O7/c23-17(21-13-5-6-15-16(8-13)29-11-28-15)10-27-19(25)9-22-18(24)7-12-3-1-2-4-14(12)20(22)26/h1-6,8H,7,9-11H2,(H,21,23). The summed E-state index contributed by atoms with van der Waals surface area (Å²) in [5.74, 6) is -1.39. The molecule has 0 bridgehead atoms. The summed E-state index contributed by atoms with van der Waals surface area (Å²) in [5, 5.41) is 2.56. The van der Waals surface area contributed by atoms with E-state index >= 15 is 0 Å². The maximum absolute atomic E-state index is 12.4. The molecular formula is C20H16N2O7. The van der Waals surface area contributed by atoms with Crippen molar-refractivity contribution < 1.29 is 33.4 Å². The van der Waals surface area contributed by atoms with Crippen LogP contribution in [0.15, 0.2) is 42.5 Å². The Morgan fingerprint density at radius 2 is 1.86 bits per heavy atom. The number of nitrogens with one attached hydrogen (secondary N) is 1. The van der Waals surface area contributed by atoms with Crippen LogP contribution in [0, 0.1) is 0 Å². The molecule has 0 saturated carbocycles. The fourth-order valence-corrected chi connectivity index (χ4v) is 3.05. The average molecular weight is 396 g/mol. The third-order valence-electron chi connectivity index (χ3n) is 4.44. The van der Waals surface area contributed by atoms with Crippen LogP contribution in [0.3, 0.4) is 0 Å². The van der Waals surface area contributed by atoms with Gasteiger partial charge in [-0.25, -0.2) is 0 Å². The zero-order chi connectivity index (χ0) is 20.4. The highest BCUT2D eigenvalue weighted by molar-refractivity contribution is 6.11. The van der Waals surface area contributed by atoms with Crippen molar-refractivity contribution >= 4 is 29.4 Å². The molecule has 0 spiro atoms. The van der Waals surface area contributed by atoms with Gasteiger partial charge in [0, 0.05) is 17.3 Å². The van der Waals surface area contributed by atoms with Gasteiger partial charge in [-0.15, -0.1) is 0 Å². The lowest BCUT2D eigenvalue weighted by Gasteiger charge is -2.25. The normalized spacial score (nSPS) is 14.4. The third-order valence-corrected chi connectivity index (χ3v) is 4.44. The molecule has 9 heteroatoms. The number of carbonyl (C=O) groups excluding carboxylic acids is 4. The van der Waals surface area contributed by atoms with Crippen molar-refractivity contribution in [3.63, 3.8) is 0 Å². The Morgan fingerprint density at radius 1 is 1.07 bits per heavy atom. The summed E-state index contributed by atoms with van der Waals surface area (Å²) in [6, 6.07) is 11.6. The minimum atomic E-state index is -0.855. The summed E-state index contributed by atoms with van der Waals surface area (Å²) in [4.78, 5) is 49.5.